The third-order valence-electron chi connectivity index (χ3n) is 17.3. The molecule has 0 spiro atoms. The van der Waals surface area contributed by atoms with Crippen LogP contribution in [0.25, 0.3) is 0 Å². The first-order chi connectivity index (χ1) is 25.6. The standard InChI is InChI=1S/C42H58O12/c1-20(45)53-37(33-27(46)10-14-41(18-43)25-8-12-39(2)23(4-6-31(39)50)21(25)16-29(48)34(33)41)38(52)54-36-28(47)11-15-42(19-44)26-9-13-40(3)24(5-7-32(40)51)22(26)17-30(49)35(36)42/h21-28,32,35-37,43-44,46-47,51H,4-19H2,1-3H3/t21?,22-,23?,24-,25?,26-,27-,28-,32-,35-,36?,37?,39-,40-,41-,42-/m0/s1. The Morgan fingerprint density at radius 3 is 2.22 bits per heavy atom. The third kappa shape index (κ3) is 5.21. The second-order valence-corrected chi connectivity index (χ2v) is 19.2. The van der Waals surface area contributed by atoms with E-state index in [-0.39, 0.29) is 108 Å². The predicted molar refractivity (Wildman–Crippen MR) is 190 cm³/mol. The fourth-order valence-corrected chi connectivity index (χ4v) is 14.7. The Morgan fingerprint density at radius 1 is 0.796 bits per heavy atom. The van der Waals surface area contributed by atoms with E-state index in [0.29, 0.717) is 44.9 Å². The van der Waals surface area contributed by atoms with Gasteiger partial charge in [-0.05, 0) is 112 Å². The van der Waals surface area contributed by atoms with Gasteiger partial charge >= 0.3 is 11.9 Å². The number of aliphatic hydroxyl groups is 5. The number of hydrogen-bond donors (Lipinski definition) is 5. The molecule has 0 radical (unpaired) electrons. The fourth-order valence-electron chi connectivity index (χ4n) is 14.7. The fraction of sp³-hybridized carbons (Fsp3) is 0.833. The normalized spacial score (nSPS) is 48.8. The Labute approximate surface area is 316 Å². The number of hydrogen-bond acceptors (Lipinski definition) is 12. The molecule has 12 nitrogen and oxygen atoms in total. The average molecular weight is 755 g/mol. The molecular formula is C42H58O12. The first-order valence-electron chi connectivity index (χ1n) is 20.6. The molecule has 0 aromatic rings. The first-order valence-corrected chi connectivity index (χ1v) is 20.6. The molecule has 0 amide bonds. The molecule has 8 rings (SSSR count). The lowest BCUT2D eigenvalue weighted by atomic mass is 9.44. The first kappa shape index (κ1) is 38.4. The molecule has 298 valence electrons. The number of ketones is 3. The van der Waals surface area contributed by atoms with E-state index in [1.807, 2.05) is 6.92 Å². The highest BCUT2D eigenvalue weighted by atomic mass is 16.6. The predicted octanol–water partition coefficient (Wildman–Crippen LogP) is 2.77. The van der Waals surface area contributed by atoms with Crippen LogP contribution in [-0.4, -0.2) is 98.6 Å². The summed E-state index contributed by atoms with van der Waals surface area (Å²) in [6.45, 7) is 4.41. The molecule has 54 heavy (non-hydrogen) atoms. The van der Waals surface area contributed by atoms with Gasteiger partial charge in [0.25, 0.3) is 0 Å². The molecule has 0 aromatic carbocycles. The van der Waals surface area contributed by atoms with Crippen molar-refractivity contribution in [1.29, 1.82) is 0 Å². The van der Waals surface area contributed by atoms with Crippen LogP contribution in [0.2, 0.25) is 0 Å². The molecule has 7 fully saturated rings. The largest absolute Gasteiger partial charge is 0.456 e. The number of ether oxygens (including phenoxy) is 2. The van der Waals surface area contributed by atoms with Crippen molar-refractivity contribution in [3.8, 4) is 0 Å². The number of carbonyl (C=O) groups is 5. The van der Waals surface area contributed by atoms with Crippen molar-refractivity contribution in [3.63, 3.8) is 0 Å². The summed E-state index contributed by atoms with van der Waals surface area (Å²) in [5.41, 5.74) is -2.97. The zero-order valence-corrected chi connectivity index (χ0v) is 31.8. The monoisotopic (exact) mass is 754 g/mol. The maximum Gasteiger partial charge on any atom is 0.352 e. The Kier molecular flexibility index (Phi) is 9.44. The zero-order valence-electron chi connectivity index (χ0n) is 31.8. The molecule has 16 atom stereocenters. The van der Waals surface area contributed by atoms with Crippen LogP contribution in [0.15, 0.2) is 11.1 Å². The Bertz CT molecular complexity index is 1650. The molecule has 0 bridgehead atoms. The number of Topliss-reactive ketones (excluding diaryl/α,β-unsaturated/α-hetero) is 3. The lowest BCUT2D eigenvalue weighted by Gasteiger charge is -2.61. The van der Waals surface area contributed by atoms with Crippen molar-refractivity contribution < 1.29 is 59.0 Å². The van der Waals surface area contributed by atoms with Gasteiger partial charge in [-0.2, -0.15) is 0 Å². The SMILES string of the molecule is CC(=O)OC(C(=O)OC1[C@@H](O)CC[C@@]2(CO)[C@H]1C(=O)C[C@H]1[C@@H]3CC[C@H](O)[C@@]3(C)CC[C@@H]12)C1=C2C(=O)CC3C(CC[C@]4(C)C(=O)CCC34)[C@@]2(CO)CC[C@@H]1O. The van der Waals surface area contributed by atoms with Crippen LogP contribution in [0.1, 0.15) is 111 Å². The summed E-state index contributed by atoms with van der Waals surface area (Å²) in [6, 6.07) is 0. The van der Waals surface area contributed by atoms with Gasteiger partial charge in [-0.3, -0.25) is 19.2 Å². The summed E-state index contributed by atoms with van der Waals surface area (Å²) in [7, 11) is 0. The summed E-state index contributed by atoms with van der Waals surface area (Å²) in [4.78, 5) is 69.0. The van der Waals surface area contributed by atoms with Crippen LogP contribution in [0.3, 0.4) is 0 Å². The van der Waals surface area contributed by atoms with Gasteiger partial charge in [-0.15, -0.1) is 0 Å². The van der Waals surface area contributed by atoms with Crippen molar-refractivity contribution in [2.45, 2.75) is 141 Å². The molecule has 7 saturated carbocycles. The van der Waals surface area contributed by atoms with E-state index >= 15 is 0 Å². The molecule has 8 aliphatic rings. The van der Waals surface area contributed by atoms with Gasteiger partial charge in [-0.1, -0.05) is 13.8 Å². The van der Waals surface area contributed by atoms with Crippen molar-refractivity contribution in [2.24, 2.45) is 63.1 Å². The second kappa shape index (κ2) is 13.3. The molecule has 0 heterocycles. The van der Waals surface area contributed by atoms with Crippen LogP contribution in [-0.2, 0) is 33.4 Å². The maximum absolute atomic E-state index is 14.5. The summed E-state index contributed by atoms with van der Waals surface area (Å²) in [5, 5.41) is 56.4. The molecule has 0 aromatic heterocycles. The Morgan fingerprint density at radius 2 is 1.52 bits per heavy atom. The van der Waals surface area contributed by atoms with E-state index in [0.717, 1.165) is 19.8 Å². The molecule has 0 saturated heterocycles. The van der Waals surface area contributed by atoms with Gasteiger partial charge < -0.3 is 35.0 Å². The summed E-state index contributed by atoms with van der Waals surface area (Å²) in [6.07, 6.45) is -0.0461. The molecule has 5 unspecified atom stereocenters. The van der Waals surface area contributed by atoms with Crippen molar-refractivity contribution in [2.75, 3.05) is 13.2 Å². The quantitative estimate of drug-likeness (QED) is 0.249. The van der Waals surface area contributed by atoms with Gasteiger partial charge in [0.15, 0.2) is 5.78 Å². The van der Waals surface area contributed by atoms with E-state index in [1.165, 1.54) is 0 Å². The molecular weight excluding hydrogens is 696 g/mol. The molecule has 8 aliphatic carbocycles. The number of aliphatic hydroxyl groups excluding tert-OH is 5. The van der Waals surface area contributed by atoms with E-state index < -0.39 is 71.2 Å². The van der Waals surface area contributed by atoms with Gasteiger partial charge in [0.2, 0.25) is 6.10 Å². The highest BCUT2D eigenvalue weighted by Gasteiger charge is 2.67. The molecule has 0 aliphatic heterocycles. The third-order valence-corrected chi connectivity index (χ3v) is 17.3. The number of carbonyl (C=O) groups excluding carboxylic acids is 5. The summed E-state index contributed by atoms with van der Waals surface area (Å²) in [5.74, 6) is -3.84. The van der Waals surface area contributed by atoms with E-state index in [4.69, 9.17) is 9.47 Å². The number of fused-ring (bicyclic) bond motifs is 10. The zero-order chi connectivity index (χ0) is 38.7. The lowest BCUT2D eigenvalue weighted by molar-refractivity contribution is -0.212. The minimum absolute atomic E-state index is 0.0222. The van der Waals surface area contributed by atoms with E-state index in [9.17, 15) is 49.5 Å². The number of rotatable bonds is 6. The number of esters is 2. The minimum atomic E-state index is -1.87. The van der Waals surface area contributed by atoms with E-state index in [1.54, 1.807) is 0 Å². The second-order valence-electron chi connectivity index (χ2n) is 19.2. The Balaban J connectivity index is 1.14. The minimum Gasteiger partial charge on any atom is -0.456 e. The molecule has 12 heteroatoms. The Hall–Kier alpha value is -2.51. The van der Waals surface area contributed by atoms with Gasteiger partial charge in [-0.25, -0.2) is 4.79 Å². The van der Waals surface area contributed by atoms with Gasteiger partial charge in [0, 0.05) is 60.2 Å². The van der Waals surface area contributed by atoms with Gasteiger partial charge in [0.05, 0.1) is 30.8 Å². The van der Waals surface area contributed by atoms with Crippen LogP contribution in [0, 0.1) is 63.1 Å². The summed E-state index contributed by atoms with van der Waals surface area (Å²) >= 11 is 0. The van der Waals surface area contributed by atoms with Crippen LogP contribution in [0.4, 0.5) is 0 Å². The maximum atomic E-state index is 14.5. The topological polar surface area (TPSA) is 205 Å². The average Bonchev–Trinajstić information content (AvgIpc) is 3.62. The lowest BCUT2D eigenvalue weighted by Crippen LogP contribution is -2.65. The van der Waals surface area contributed by atoms with Crippen LogP contribution in [0.5, 0.6) is 0 Å². The van der Waals surface area contributed by atoms with Crippen LogP contribution >= 0.6 is 0 Å². The smallest absolute Gasteiger partial charge is 0.352 e. The van der Waals surface area contributed by atoms with Crippen LogP contribution < -0.4 is 0 Å². The summed E-state index contributed by atoms with van der Waals surface area (Å²) < 4.78 is 11.8. The molecule has 5 N–H and O–H groups in total. The van der Waals surface area contributed by atoms with Crippen molar-refractivity contribution in [3.05, 3.63) is 11.1 Å². The van der Waals surface area contributed by atoms with Crippen molar-refractivity contribution in [1.82, 2.24) is 0 Å². The van der Waals surface area contributed by atoms with Crippen molar-refractivity contribution >= 4 is 29.3 Å². The van der Waals surface area contributed by atoms with E-state index in [2.05, 4.69) is 6.92 Å². The highest BCUT2D eigenvalue weighted by Crippen LogP contribution is 2.67. The highest BCUT2D eigenvalue weighted by molar-refractivity contribution is 6.01. The van der Waals surface area contributed by atoms with Gasteiger partial charge in [0.1, 0.15) is 17.7 Å².